The standard InChI is InChI=1S/C12H8Cl2FNO/c13-9-2-1-3-10(14)11(9)12(17)7-4-8(15)6-16-5-7/h1-6,12,17H. The van der Waals surface area contributed by atoms with Crippen LogP contribution in [0.3, 0.4) is 0 Å². The van der Waals surface area contributed by atoms with Gasteiger partial charge >= 0.3 is 0 Å². The van der Waals surface area contributed by atoms with Crippen LogP contribution in [0.5, 0.6) is 0 Å². The third-order valence-electron chi connectivity index (χ3n) is 2.31. The van der Waals surface area contributed by atoms with Crippen LogP contribution < -0.4 is 0 Å². The van der Waals surface area contributed by atoms with Crippen LogP contribution in [-0.4, -0.2) is 10.1 Å². The maximum absolute atomic E-state index is 13.0. The smallest absolute Gasteiger partial charge is 0.141 e. The van der Waals surface area contributed by atoms with Crippen molar-refractivity contribution in [3.63, 3.8) is 0 Å². The molecule has 1 aromatic carbocycles. The van der Waals surface area contributed by atoms with Crippen molar-refractivity contribution in [2.45, 2.75) is 6.10 Å². The molecule has 1 atom stereocenters. The van der Waals surface area contributed by atoms with Crippen LogP contribution in [0.15, 0.2) is 36.7 Å². The second kappa shape index (κ2) is 5.00. The highest BCUT2D eigenvalue weighted by atomic mass is 35.5. The van der Waals surface area contributed by atoms with Crippen LogP contribution >= 0.6 is 23.2 Å². The molecule has 0 aliphatic rings. The summed E-state index contributed by atoms with van der Waals surface area (Å²) in [6.45, 7) is 0. The van der Waals surface area contributed by atoms with E-state index >= 15 is 0 Å². The van der Waals surface area contributed by atoms with E-state index in [-0.39, 0.29) is 0 Å². The fraction of sp³-hybridized carbons (Fsp3) is 0.0833. The number of halogens is 3. The molecule has 88 valence electrons. The van der Waals surface area contributed by atoms with Crippen molar-refractivity contribution in [3.8, 4) is 0 Å². The van der Waals surface area contributed by atoms with Gasteiger partial charge in [0.25, 0.3) is 0 Å². The Bertz CT molecular complexity index is 528. The summed E-state index contributed by atoms with van der Waals surface area (Å²) >= 11 is 11.9. The molecule has 17 heavy (non-hydrogen) atoms. The van der Waals surface area contributed by atoms with Gasteiger partial charge in [0.05, 0.1) is 6.20 Å². The highest BCUT2D eigenvalue weighted by Crippen LogP contribution is 2.33. The largest absolute Gasteiger partial charge is 0.383 e. The normalized spacial score (nSPS) is 12.5. The van der Waals surface area contributed by atoms with Gasteiger partial charge in [-0.25, -0.2) is 4.39 Å². The summed E-state index contributed by atoms with van der Waals surface area (Å²) in [4.78, 5) is 3.67. The first-order valence-corrected chi connectivity index (χ1v) is 5.57. The molecule has 0 aliphatic carbocycles. The van der Waals surface area contributed by atoms with Crippen molar-refractivity contribution in [1.82, 2.24) is 4.98 Å². The molecule has 1 heterocycles. The van der Waals surface area contributed by atoms with Crippen LogP contribution in [0.1, 0.15) is 17.2 Å². The molecule has 0 spiro atoms. The van der Waals surface area contributed by atoms with E-state index in [1.807, 2.05) is 0 Å². The molecule has 0 radical (unpaired) electrons. The number of benzene rings is 1. The van der Waals surface area contributed by atoms with Crippen LogP contribution in [-0.2, 0) is 0 Å². The maximum Gasteiger partial charge on any atom is 0.141 e. The minimum Gasteiger partial charge on any atom is -0.383 e. The van der Waals surface area contributed by atoms with Gasteiger partial charge in [0.15, 0.2) is 0 Å². The van der Waals surface area contributed by atoms with Crippen molar-refractivity contribution in [1.29, 1.82) is 0 Å². The quantitative estimate of drug-likeness (QED) is 0.905. The minimum absolute atomic E-state index is 0.306. The number of aliphatic hydroxyl groups is 1. The number of hydrogen-bond acceptors (Lipinski definition) is 2. The Labute approximate surface area is 108 Å². The zero-order valence-corrected chi connectivity index (χ0v) is 10.1. The van der Waals surface area contributed by atoms with Gasteiger partial charge in [-0.1, -0.05) is 29.3 Å². The van der Waals surface area contributed by atoms with Crippen LogP contribution in [0.2, 0.25) is 10.0 Å². The Balaban J connectivity index is 2.47. The summed E-state index contributed by atoms with van der Waals surface area (Å²) in [6.07, 6.45) is 1.33. The number of hydrogen-bond donors (Lipinski definition) is 1. The fourth-order valence-electron chi connectivity index (χ4n) is 1.52. The Kier molecular flexibility index (Phi) is 3.62. The van der Waals surface area contributed by atoms with Gasteiger partial charge in [-0.15, -0.1) is 0 Å². The molecule has 0 bridgehead atoms. The summed E-state index contributed by atoms with van der Waals surface area (Å²) < 4.78 is 13.0. The van der Waals surface area contributed by atoms with Gasteiger partial charge in [0, 0.05) is 27.4 Å². The van der Waals surface area contributed by atoms with Crippen LogP contribution in [0.25, 0.3) is 0 Å². The molecule has 0 saturated carbocycles. The SMILES string of the molecule is OC(c1cncc(F)c1)c1c(Cl)cccc1Cl. The van der Waals surface area contributed by atoms with Crippen molar-refractivity contribution in [2.75, 3.05) is 0 Å². The Hall–Kier alpha value is -1.16. The average Bonchev–Trinajstić information content (AvgIpc) is 2.28. The van der Waals surface area contributed by atoms with E-state index in [0.29, 0.717) is 21.2 Å². The maximum atomic E-state index is 13.0. The van der Waals surface area contributed by atoms with Crippen molar-refractivity contribution >= 4 is 23.2 Å². The summed E-state index contributed by atoms with van der Waals surface area (Å²) in [5.41, 5.74) is 0.656. The van der Waals surface area contributed by atoms with E-state index in [9.17, 15) is 9.50 Å². The van der Waals surface area contributed by atoms with Crippen LogP contribution in [0.4, 0.5) is 4.39 Å². The molecular weight excluding hydrogens is 264 g/mol. The van der Waals surface area contributed by atoms with E-state index in [4.69, 9.17) is 23.2 Å². The lowest BCUT2D eigenvalue weighted by atomic mass is 10.0. The molecule has 1 aromatic heterocycles. The summed E-state index contributed by atoms with van der Waals surface area (Å²) in [5, 5.41) is 10.8. The van der Waals surface area contributed by atoms with Gasteiger partial charge < -0.3 is 5.11 Å². The third-order valence-corrected chi connectivity index (χ3v) is 2.97. The molecular formula is C12H8Cl2FNO. The lowest BCUT2D eigenvalue weighted by molar-refractivity contribution is 0.219. The van der Waals surface area contributed by atoms with Gasteiger partial charge in [0.2, 0.25) is 0 Å². The van der Waals surface area contributed by atoms with Crippen molar-refractivity contribution < 1.29 is 9.50 Å². The molecule has 2 rings (SSSR count). The predicted molar refractivity (Wildman–Crippen MR) is 64.7 cm³/mol. The minimum atomic E-state index is -1.10. The molecule has 0 saturated heterocycles. The first kappa shape index (κ1) is 12.3. The van der Waals surface area contributed by atoms with E-state index in [2.05, 4.69) is 4.98 Å². The monoisotopic (exact) mass is 271 g/mol. The van der Waals surface area contributed by atoms with E-state index in [1.165, 1.54) is 12.3 Å². The molecule has 1 N–H and O–H groups in total. The third kappa shape index (κ3) is 2.57. The molecule has 2 aromatic rings. The Morgan fingerprint density at radius 1 is 1.18 bits per heavy atom. The average molecular weight is 272 g/mol. The fourth-order valence-corrected chi connectivity index (χ4v) is 2.12. The summed E-state index contributed by atoms with van der Waals surface area (Å²) in [5.74, 6) is -0.523. The first-order valence-electron chi connectivity index (χ1n) is 4.82. The van der Waals surface area contributed by atoms with Gasteiger partial charge in [-0.3, -0.25) is 4.98 Å². The zero-order valence-electron chi connectivity index (χ0n) is 8.57. The van der Waals surface area contributed by atoms with Gasteiger partial charge in [-0.05, 0) is 18.2 Å². The molecule has 0 fully saturated rings. The van der Waals surface area contributed by atoms with E-state index < -0.39 is 11.9 Å². The van der Waals surface area contributed by atoms with E-state index in [1.54, 1.807) is 18.2 Å². The Morgan fingerprint density at radius 2 is 1.82 bits per heavy atom. The second-order valence-corrected chi connectivity index (χ2v) is 4.29. The highest BCUT2D eigenvalue weighted by molar-refractivity contribution is 6.36. The predicted octanol–water partition coefficient (Wildman–Crippen LogP) is 3.61. The molecule has 0 amide bonds. The Morgan fingerprint density at radius 3 is 2.41 bits per heavy atom. The zero-order chi connectivity index (χ0) is 12.4. The summed E-state index contributed by atoms with van der Waals surface area (Å²) in [6, 6.07) is 6.08. The lowest BCUT2D eigenvalue weighted by Gasteiger charge is -2.14. The number of aromatic nitrogens is 1. The summed E-state index contributed by atoms with van der Waals surface area (Å²) in [7, 11) is 0. The number of nitrogens with zero attached hydrogens (tertiary/aromatic N) is 1. The number of pyridine rings is 1. The van der Waals surface area contributed by atoms with E-state index in [0.717, 1.165) is 6.20 Å². The van der Waals surface area contributed by atoms with Crippen molar-refractivity contribution in [3.05, 3.63) is 63.6 Å². The molecule has 0 aliphatic heterocycles. The molecule has 5 heteroatoms. The van der Waals surface area contributed by atoms with Crippen LogP contribution in [0, 0.1) is 5.82 Å². The lowest BCUT2D eigenvalue weighted by Crippen LogP contribution is -2.02. The van der Waals surface area contributed by atoms with Gasteiger partial charge in [-0.2, -0.15) is 0 Å². The number of aliphatic hydroxyl groups excluding tert-OH is 1. The van der Waals surface area contributed by atoms with Crippen molar-refractivity contribution in [2.24, 2.45) is 0 Å². The molecule has 1 unspecified atom stereocenters. The topological polar surface area (TPSA) is 33.1 Å². The molecule has 2 nitrogen and oxygen atoms in total. The second-order valence-electron chi connectivity index (χ2n) is 3.47. The first-order chi connectivity index (χ1) is 8.09. The number of rotatable bonds is 2. The highest BCUT2D eigenvalue weighted by Gasteiger charge is 2.17. The van der Waals surface area contributed by atoms with Gasteiger partial charge in [0.1, 0.15) is 11.9 Å².